The molecule has 15 heavy (non-hydrogen) atoms. The molecule has 2 heterocycles. The third-order valence-electron chi connectivity index (χ3n) is 2.76. The van der Waals surface area contributed by atoms with Crippen LogP contribution < -0.4 is 0 Å². The zero-order valence-electron chi connectivity index (χ0n) is 8.60. The number of carbonyl (C=O) groups is 1. The molecule has 1 aliphatic rings. The average molecular weight is 210 g/mol. The minimum Gasteiger partial charge on any atom is -0.477 e. The maximum atomic E-state index is 11.1. The van der Waals surface area contributed by atoms with Crippen molar-refractivity contribution in [3.8, 4) is 0 Å². The molecule has 82 valence electrons. The Bertz CT molecular complexity index is 398. The highest BCUT2D eigenvalue weighted by molar-refractivity contribution is 5.87. The fourth-order valence-electron chi connectivity index (χ4n) is 2.03. The lowest BCUT2D eigenvalue weighted by Gasteiger charge is -2.19. The van der Waals surface area contributed by atoms with E-state index in [4.69, 9.17) is 5.11 Å². The molecule has 0 saturated heterocycles. The molecule has 1 aliphatic heterocycles. The van der Waals surface area contributed by atoms with Crippen molar-refractivity contribution in [3.63, 3.8) is 0 Å². The van der Waals surface area contributed by atoms with Crippen molar-refractivity contribution in [2.45, 2.75) is 38.8 Å². The van der Waals surface area contributed by atoms with Crippen LogP contribution in [0.1, 0.15) is 35.4 Å². The summed E-state index contributed by atoms with van der Waals surface area (Å²) < 4.78 is 1.72. The molecule has 0 amide bonds. The van der Waals surface area contributed by atoms with Crippen LogP contribution in [-0.2, 0) is 19.4 Å². The van der Waals surface area contributed by atoms with Crippen molar-refractivity contribution >= 4 is 5.97 Å². The lowest BCUT2D eigenvalue weighted by atomic mass is 10.1. The van der Waals surface area contributed by atoms with Crippen molar-refractivity contribution in [1.29, 1.82) is 0 Å². The summed E-state index contributed by atoms with van der Waals surface area (Å²) in [5, 5.41) is 18.6. The molecule has 2 N–H and O–H groups in total. The third-order valence-corrected chi connectivity index (χ3v) is 2.76. The van der Waals surface area contributed by atoms with Crippen LogP contribution in [-0.4, -0.2) is 31.8 Å². The maximum absolute atomic E-state index is 11.1. The summed E-state index contributed by atoms with van der Waals surface area (Å²) in [5.74, 6) is -0.231. The molecule has 0 aromatic carbocycles. The normalized spacial score (nSPS) is 20.0. The molecule has 0 spiro atoms. The molecular weight excluding hydrogens is 196 g/mol. The first-order valence-corrected chi connectivity index (χ1v) is 5.13. The number of imidazole rings is 1. The van der Waals surface area contributed by atoms with Crippen LogP contribution in [0.2, 0.25) is 0 Å². The number of carboxylic acid groups (broad SMARTS) is 1. The Kier molecular flexibility index (Phi) is 2.48. The predicted octanol–water partition coefficient (Wildman–Crippen LogP) is 0.451. The van der Waals surface area contributed by atoms with Gasteiger partial charge in [0.25, 0.3) is 0 Å². The van der Waals surface area contributed by atoms with Crippen LogP contribution in [0.25, 0.3) is 0 Å². The maximum Gasteiger partial charge on any atom is 0.354 e. The highest BCUT2D eigenvalue weighted by Gasteiger charge is 2.26. The standard InChI is InChI=1S/C10H14N2O3/c1-2-7-9(10(14)15)12-4-3-6(13)5-8(12)11-7/h6,13H,2-5H2,1H3,(H,14,15)/t6-/m1/s1. The summed E-state index contributed by atoms with van der Waals surface area (Å²) in [6.07, 6.45) is 1.29. The number of hydrogen-bond donors (Lipinski definition) is 2. The Morgan fingerprint density at radius 3 is 3.00 bits per heavy atom. The number of hydrogen-bond acceptors (Lipinski definition) is 3. The van der Waals surface area contributed by atoms with E-state index in [2.05, 4.69) is 4.98 Å². The lowest BCUT2D eigenvalue weighted by Crippen LogP contribution is -2.25. The van der Waals surface area contributed by atoms with Gasteiger partial charge in [-0.05, 0) is 12.8 Å². The SMILES string of the molecule is CCc1nc2n(c1C(=O)O)CC[C@@H](O)C2. The van der Waals surface area contributed by atoms with E-state index >= 15 is 0 Å². The van der Waals surface area contributed by atoms with E-state index in [0.717, 1.165) is 0 Å². The van der Waals surface area contributed by atoms with Crippen LogP contribution in [0, 0.1) is 0 Å². The smallest absolute Gasteiger partial charge is 0.354 e. The number of rotatable bonds is 2. The fraction of sp³-hybridized carbons (Fsp3) is 0.600. The van der Waals surface area contributed by atoms with E-state index in [0.29, 0.717) is 43.0 Å². The predicted molar refractivity (Wildman–Crippen MR) is 52.9 cm³/mol. The number of aliphatic hydroxyl groups is 1. The summed E-state index contributed by atoms with van der Waals surface area (Å²) in [5.41, 5.74) is 0.908. The Hall–Kier alpha value is -1.36. The first-order chi connectivity index (χ1) is 7.13. The van der Waals surface area contributed by atoms with Gasteiger partial charge in [-0.1, -0.05) is 6.92 Å². The van der Waals surface area contributed by atoms with Gasteiger partial charge in [0, 0.05) is 13.0 Å². The van der Waals surface area contributed by atoms with E-state index in [1.54, 1.807) is 4.57 Å². The van der Waals surface area contributed by atoms with Gasteiger partial charge in [0.2, 0.25) is 0 Å². The van der Waals surface area contributed by atoms with Gasteiger partial charge in [0.05, 0.1) is 11.8 Å². The van der Waals surface area contributed by atoms with Crippen LogP contribution >= 0.6 is 0 Å². The fourth-order valence-corrected chi connectivity index (χ4v) is 2.03. The third kappa shape index (κ3) is 1.63. The number of aryl methyl sites for hydroxylation is 1. The lowest BCUT2D eigenvalue weighted by molar-refractivity contribution is 0.0677. The second-order valence-electron chi connectivity index (χ2n) is 3.78. The first kappa shape index (κ1) is 10.2. The first-order valence-electron chi connectivity index (χ1n) is 5.13. The average Bonchev–Trinajstić information content (AvgIpc) is 2.54. The zero-order valence-corrected chi connectivity index (χ0v) is 8.60. The molecule has 5 nitrogen and oxygen atoms in total. The summed E-state index contributed by atoms with van der Waals surface area (Å²) in [6.45, 7) is 2.43. The van der Waals surface area contributed by atoms with Gasteiger partial charge in [-0.3, -0.25) is 0 Å². The monoisotopic (exact) mass is 210 g/mol. The molecule has 2 rings (SSSR count). The summed E-state index contributed by atoms with van der Waals surface area (Å²) >= 11 is 0. The Balaban J connectivity index is 2.49. The largest absolute Gasteiger partial charge is 0.477 e. The highest BCUT2D eigenvalue weighted by atomic mass is 16.4. The molecule has 0 fully saturated rings. The number of aromatic carboxylic acids is 1. The van der Waals surface area contributed by atoms with E-state index in [9.17, 15) is 9.90 Å². The molecule has 0 bridgehead atoms. The van der Waals surface area contributed by atoms with Gasteiger partial charge < -0.3 is 14.8 Å². The van der Waals surface area contributed by atoms with Crippen LogP contribution in [0.3, 0.4) is 0 Å². The van der Waals surface area contributed by atoms with Crippen LogP contribution in [0.4, 0.5) is 0 Å². The molecule has 5 heteroatoms. The van der Waals surface area contributed by atoms with Crippen LogP contribution in [0.15, 0.2) is 0 Å². The number of aliphatic hydroxyl groups excluding tert-OH is 1. The topological polar surface area (TPSA) is 75.4 Å². The van der Waals surface area contributed by atoms with Gasteiger partial charge in [-0.25, -0.2) is 9.78 Å². The van der Waals surface area contributed by atoms with E-state index in [1.165, 1.54) is 0 Å². The van der Waals surface area contributed by atoms with Crippen molar-refractivity contribution in [1.82, 2.24) is 9.55 Å². The minimum absolute atomic E-state index is 0.291. The molecule has 0 saturated carbocycles. The Morgan fingerprint density at radius 2 is 2.40 bits per heavy atom. The number of nitrogens with zero attached hydrogens (tertiary/aromatic N) is 2. The van der Waals surface area contributed by atoms with Crippen molar-refractivity contribution in [2.75, 3.05) is 0 Å². The second-order valence-corrected chi connectivity index (χ2v) is 3.78. The summed E-state index contributed by atoms with van der Waals surface area (Å²) in [7, 11) is 0. The van der Waals surface area contributed by atoms with Gasteiger partial charge in [0.1, 0.15) is 5.82 Å². The van der Waals surface area contributed by atoms with Crippen molar-refractivity contribution in [3.05, 3.63) is 17.2 Å². The van der Waals surface area contributed by atoms with Gasteiger partial charge in [-0.2, -0.15) is 0 Å². The molecule has 1 aromatic heterocycles. The molecule has 1 aromatic rings. The van der Waals surface area contributed by atoms with Crippen LogP contribution in [0.5, 0.6) is 0 Å². The Labute approximate surface area is 87.4 Å². The summed E-state index contributed by atoms with van der Waals surface area (Å²) in [4.78, 5) is 15.3. The molecular formula is C10H14N2O3. The van der Waals surface area contributed by atoms with Gasteiger partial charge in [-0.15, -0.1) is 0 Å². The molecule has 1 atom stereocenters. The van der Waals surface area contributed by atoms with Crippen molar-refractivity contribution in [2.24, 2.45) is 0 Å². The number of fused-ring (bicyclic) bond motifs is 1. The molecule has 0 radical (unpaired) electrons. The Morgan fingerprint density at radius 1 is 1.67 bits per heavy atom. The van der Waals surface area contributed by atoms with E-state index < -0.39 is 5.97 Å². The van der Waals surface area contributed by atoms with E-state index in [1.807, 2.05) is 6.92 Å². The van der Waals surface area contributed by atoms with Gasteiger partial charge in [0.15, 0.2) is 5.69 Å². The summed E-state index contributed by atoms with van der Waals surface area (Å²) in [6, 6.07) is 0. The van der Waals surface area contributed by atoms with E-state index in [-0.39, 0.29) is 6.10 Å². The quantitative estimate of drug-likeness (QED) is 0.743. The van der Waals surface area contributed by atoms with Crippen molar-refractivity contribution < 1.29 is 15.0 Å². The number of aromatic nitrogens is 2. The molecule has 0 aliphatic carbocycles. The number of carboxylic acids is 1. The highest BCUT2D eigenvalue weighted by Crippen LogP contribution is 2.20. The zero-order chi connectivity index (χ0) is 11.0. The molecule has 0 unspecified atom stereocenters. The minimum atomic E-state index is -0.929. The second kappa shape index (κ2) is 3.66. The van der Waals surface area contributed by atoms with Gasteiger partial charge >= 0.3 is 5.97 Å².